The standard InChI is InChI=1S/C19H24O5/c1-11(20)19(5)10-14(24-18(2,3)4)23-16-12-8-6-7-9-13(12)22-17(21)15(16)19/h6-9,11,14,20H,10H2,1-5H3/t11?,14-,19-/m0/s1. The summed E-state index contributed by atoms with van der Waals surface area (Å²) in [6.45, 7) is 9.37. The molecule has 0 spiro atoms. The maximum atomic E-state index is 12.6. The number of para-hydroxylation sites is 1. The highest BCUT2D eigenvalue weighted by Gasteiger charge is 2.46. The van der Waals surface area contributed by atoms with Gasteiger partial charge >= 0.3 is 5.63 Å². The summed E-state index contributed by atoms with van der Waals surface area (Å²) >= 11 is 0. The number of ether oxygens (including phenoxy) is 2. The number of benzene rings is 1. The van der Waals surface area contributed by atoms with Gasteiger partial charge < -0.3 is 19.0 Å². The molecular formula is C19H24O5. The summed E-state index contributed by atoms with van der Waals surface area (Å²) < 4.78 is 17.5. The fraction of sp³-hybridized carbons (Fsp3) is 0.526. The van der Waals surface area contributed by atoms with E-state index in [2.05, 4.69) is 0 Å². The quantitative estimate of drug-likeness (QED) is 0.854. The zero-order chi connectivity index (χ0) is 17.7. The number of hydrogen-bond acceptors (Lipinski definition) is 5. The van der Waals surface area contributed by atoms with Crippen molar-refractivity contribution in [2.75, 3.05) is 0 Å². The number of rotatable bonds is 2. The molecule has 0 radical (unpaired) electrons. The molecule has 1 aliphatic rings. The highest BCUT2D eigenvalue weighted by molar-refractivity contribution is 5.85. The second kappa shape index (κ2) is 5.60. The largest absolute Gasteiger partial charge is 0.464 e. The summed E-state index contributed by atoms with van der Waals surface area (Å²) in [7, 11) is 0. The predicted octanol–water partition coefficient (Wildman–Crippen LogP) is 3.36. The van der Waals surface area contributed by atoms with E-state index in [1.165, 1.54) is 0 Å². The second-order valence-electron chi connectivity index (χ2n) is 7.67. The van der Waals surface area contributed by atoms with Crippen LogP contribution in [0.25, 0.3) is 11.0 Å². The number of fused-ring (bicyclic) bond motifs is 3. The molecule has 3 rings (SSSR count). The molecule has 1 aromatic heterocycles. The Morgan fingerprint density at radius 2 is 2.00 bits per heavy atom. The Morgan fingerprint density at radius 3 is 2.62 bits per heavy atom. The SMILES string of the molecule is CC(O)[C@]1(C)C[C@H](OC(C)(C)C)Oc2c1c(=O)oc1ccccc21. The average molecular weight is 332 g/mol. The first kappa shape index (κ1) is 17.0. The van der Waals surface area contributed by atoms with E-state index in [9.17, 15) is 9.90 Å². The zero-order valence-electron chi connectivity index (χ0n) is 14.8. The van der Waals surface area contributed by atoms with Crippen LogP contribution in [0.5, 0.6) is 5.75 Å². The highest BCUT2D eigenvalue weighted by atomic mass is 16.7. The van der Waals surface area contributed by atoms with E-state index in [4.69, 9.17) is 13.9 Å². The lowest BCUT2D eigenvalue weighted by Gasteiger charge is -2.42. The fourth-order valence-electron chi connectivity index (χ4n) is 3.20. The van der Waals surface area contributed by atoms with Gasteiger partial charge in [-0.2, -0.15) is 0 Å². The van der Waals surface area contributed by atoms with E-state index in [-0.39, 0.29) is 0 Å². The Balaban J connectivity index is 2.24. The summed E-state index contributed by atoms with van der Waals surface area (Å²) in [6, 6.07) is 7.24. The van der Waals surface area contributed by atoms with Crippen LogP contribution in [0.1, 0.15) is 46.6 Å². The van der Waals surface area contributed by atoms with Crippen molar-refractivity contribution in [3.05, 3.63) is 40.2 Å². The van der Waals surface area contributed by atoms with Crippen LogP contribution in [0.3, 0.4) is 0 Å². The third kappa shape index (κ3) is 2.82. The summed E-state index contributed by atoms with van der Waals surface area (Å²) in [5, 5.41) is 11.1. The molecule has 130 valence electrons. The van der Waals surface area contributed by atoms with Gasteiger partial charge in [0.05, 0.1) is 22.7 Å². The Hall–Kier alpha value is -1.85. The van der Waals surface area contributed by atoms with Crippen LogP contribution in [0.2, 0.25) is 0 Å². The van der Waals surface area contributed by atoms with Crippen molar-refractivity contribution in [1.29, 1.82) is 0 Å². The molecule has 1 aromatic carbocycles. The van der Waals surface area contributed by atoms with Gasteiger partial charge in [0.1, 0.15) is 11.3 Å². The molecule has 5 nitrogen and oxygen atoms in total. The summed E-state index contributed by atoms with van der Waals surface area (Å²) in [5.74, 6) is 0.450. The third-order valence-electron chi connectivity index (χ3n) is 4.58. The fourth-order valence-corrected chi connectivity index (χ4v) is 3.20. The van der Waals surface area contributed by atoms with Gasteiger partial charge in [-0.25, -0.2) is 4.79 Å². The molecule has 0 saturated carbocycles. The molecule has 24 heavy (non-hydrogen) atoms. The summed E-state index contributed by atoms with van der Waals surface area (Å²) in [6.07, 6.45) is -0.935. The topological polar surface area (TPSA) is 68.9 Å². The van der Waals surface area contributed by atoms with Crippen molar-refractivity contribution in [2.24, 2.45) is 0 Å². The lowest BCUT2D eigenvalue weighted by molar-refractivity contribution is -0.173. The molecule has 2 heterocycles. The van der Waals surface area contributed by atoms with E-state index in [0.29, 0.717) is 28.7 Å². The van der Waals surface area contributed by atoms with E-state index in [0.717, 1.165) is 0 Å². The van der Waals surface area contributed by atoms with E-state index in [1.807, 2.05) is 39.8 Å². The maximum Gasteiger partial charge on any atom is 0.343 e. The highest BCUT2D eigenvalue weighted by Crippen LogP contribution is 2.45. The second-order valence-corrected chi connectivity index (χ2v) is 7.67. The van der Waals surface area contributed by atoms with Crippen molar-refractivity contribution < 1.29 is 19.0 Å². The van der Waals surface area contributed by atoms with Gasteiger partial charge in [-0.15, -0.1) is 0 Å². The minimum atomic E-state index is -0.811. The van der Waals surface area contributed by atoms with Crippen molar-refractivity contribution in [3.8, 4) is 5.75 Å². The first-order valence-electron chi connectivity index (χ1n) is 8.21. The van der Waals surface area contributed by atoms with Crippen LogP contribution in [-0.4, -0.2) is 23.1 Å². The molecule has 5 heteroatoms. The van der Waals surface area contributed by atoms with Crippen LogP contribution in [0, 0.1) is 0 Å². The first-order chi connectivity index (χ1) is 11.1. The predicted molar refractivity (Wildman–Crippen MR) is 91.4 cm³/mol. The molecular weight excluding hydrogens is 308 g/mol. The Labute approximate surface area is 141 Å². The van der Waals surface area contributed by atoms with Crippen molar-refractivity contribution in [3.63, 3.8) is 0 Å². The van der Waals surface area contributed by atoms with E-state index < -0.39 is 29.0 Å². The lowest BCUT2D eigenvalue weighted by Crippen LogP contribution is -2.48. The van der Waals surface area contributed by atoms with Crippen LogP contribution in [-0.2, 0) is 10.2 Å². The van der Waals surface area contributed by atoms with Crippen LogP contribution >= 0.6 is 0 Å². The lowest BCUT2D eigenvalue weighted by atomic mass is 9.73. The molecule has 1 unspecified atom stereocenters. The van der Waals surface area contributed by atoms with E-state index in [1.54, 1.807) is 19.1 Å². The van der Waals surface area contributed by atoms with Gasteiger partial charge in [-0.1, -0.05) is 19.1 Å². The Bertz CT molecular complexity index is 815. The molecule has 1 aliphatic heterocycles. The van der Waals surface area contributed by atoms with Crippen molar-refractivity contribution >= 4 is 11.0 Å². The zero-order valence-corrected chi connectivity index (χ0v) is 14.8. The molecule has 0 amide bonds. The van der Waals surface area contributed by atoms with Gasteiger partial charge in [0.15, 0.2) is 0 Å². The normalized spacial score (nSPS) is 25.2. The van der Waals surface area contributed by atoms with Gasteiger partial charge in [0, 0.05) is 11.8 Å². The van der Waals surface area contributed by atoms with Crippen molar-refractivity contribution in [2.45, 2.75) is 64.4 Å². The Morgan fingerprint density at radius 1 is 1.33 bits per heavy atom. The number of hydrogen-bond donors (Lipinski definition) is 1. The van der Waals surface area contributed by atoms with Gasteiger partial charge in [0.2, 0.25) is 6.29 Å². The maximum absolute atomic E-state index is 12.6. The third-order valence-corrected chi connectivity index (χ3v) is 4.58. The summed E-state index contributed by atoms with van der Waals surface area (Å²) in [5.41, 5.74) is -0.845. The molecule has 0 aliphatic carbocycles. The first-order valence-corrected chi connectivity index (χ1v) is 8.21. The van der Waals surface area contributed by atoms with Gasteiger partial charge in [0.25, 0.3) is 0 Å². The van der Waals surface area contributed by atoms with E-state index >= 15 is 0 Å². The minimum absolute atomic E-state index is 0.373. The van der Waals surface area contributed by atoms with Gasteiger partial charge in [-0.3, -0.25) is 0 Å². The molecule has 2 aromatic rings. The van der Waals surface area contributed by atoms with Crippen molar-refractivity contribution in [1.82, 2.24) is 0 Å². The number of aliphatic hydroxyl groups is 1. The van der Waals surface area contributed by atoms with Crippen LogP contribution in [0.15, 0.2) is 33.5 Å². The average Bonchev–Trinajstić information content (AvgIpc) is 2.44. The minimum Gasteiger partial charge on any atom is -0.464 e. The molecule has 1 N–H and O–H groups in total. The monoisotopic (exact) mass is 332 g/mol. The molecule has 0 fully saturated rings. The Kier molecular flexibility index (Phi) is 3.97. The van der Waals surface area contributed by atoms with Gasteiger partial charge in [-0.05, 0) is 39.8 Å². The van der Waals surface area contributed by atoms with Crippen LogP contribution in [0.4, 0.5) is 0 Å². The molecule has 0 saturated heterocycles. The smallest absolute Gasteiger partial charge is 0.343 e. The summed E-state index contributed by atoms with van der Waals surface area (Å²) in [4.78, 5) is 12.6. The molecule has 0 bridgehead atoms. The molecule has 3 atom stereocenters. The van der Waals surface area contributed by atoms with Crippen LogP contribution < -0.4 is 10.4 Å². The number of aliphatic hydroxyl groups excluding tert-OH is 1.